The molecule has 17 heavy (non-hydrogen) atoms. The minimum atomic E-state index is 0.176. The van der Waals surface area contributed by atoms with Crippen LogP contribution >= 0.6 is 39.1 Å². The molecular formula is C13H15BrCl2O. The van der Waals surface area contributed by atoms with Gasteiger partial charge in [-0.05, 0) is 37.0 Å². The molecule has 1 aromatic carbocycles. The van der Waals surface area contributed by atoms with Crippen molar-refractivity contribution in [2.45, 2.75) is 19.3 Å². The highest BCUT2D eigenvalue weighted by molar-refractivity contribution is 9.09. The molecule has 1 unspecified atom stereocenters. The van der Waals surface area contributed by atoms with Gasteiger partial charge in [-0.3, -0.25) is 0 Å². The Balaban J connectivity index is 2.17. The Kier molecular flexibility index (Phi) is 4.76. The quantitative estimate of drug-likeness (QED) is 0.724. The number of alkyl halides is 1. The van der Waals surface area contributed by atoms with Crippen molar-refractivity contribution in [1.82, 2.24) is 0 Å². The Labute approximate surface area is 121 Å². The molecule has 1 aliphatic heterocycles. The van der Waals surface area contributed by atoms with E-state index in [-0.39, 0.29) is 5.41 Å². The van der Waals surface area contributed by atoms with Crippen LogP contribution in [0.25, 0.3) is 0 Å². The lowest BCUT2D eigenvalue weighted by Gasteiger charge is -2.35. The molecule has 0 amide bonds. The highest BCUT2D eigenvalue weighted by Gasteiger charge is 2.32. The van der Waals surface area contributed by atoms with Crippen molar-refractivity contribution < 1.29 is 4.74 Å². The first-order chi connectivity index (χ1) is 8.15. The lowest BCUT2D eigenvalue weighted by molar-refractivity contribution is 0.00616. The van der Waals surface area contributed by atoms with E-state index in [1.54, 1.807) is 0 Å². The summed E-state index contributed by atoms with van der Waals surface area (Å²) in [4.78, 5) is 0. The van der Waals surface area contributed by atoms with Gasteiger partial charge in [-0.2, -0.15) is 0 Å². The van der Waals surface area contributed by atoms with Crippen LogP contribution in [0.2, 0.25) is 10.0 Å². The minimum absolute atomic E-state index is 0.176. The van der Waals surface area contributed by atoms with Gasteiger partial charge in [-0.25, -0.2) is 0 Å². The normalized spacial score (nSPS) is 24.9. The standard InChI is InChI=1S/C13H15BrCl2O/c14-8-13(4-1-5-17-9-13)7-10-2-3-11(15)6-12(10)16/h2-3,6H,1,4-5,7-9H2. The van der Waals surface area contributed by atoms with E-state index in [1.807, 2.05) is 18.2 Å². The lowest BCUT2D eigenvalue weighted by Crippen LogP contribution is -2.35. The van der Waals surface area contributed by atoms with E-state index < -0.39 is 0 Å². The van der Waals surface area contributed by atoms with E-state index in [9.17, 15) is 0 Å². The zero-order valence-electron chi connectivity index (χ0n) is 9.52. The number of rotatable bonds is 3. The Morgan fingerprint density at radius 3 is 2.76 bits per heavy atom. The number of hydrogen-bond donors (Lipinski definition) is 0. The number of ether oxygens (including phenoxy) is 1. The molecule has 0 radical (unpaired) electrons. The molecular weight excluding hydrogens is 323 g/mol. The van der Waals surface area contributed by atoms with Gasteiger partial charge < -0.3 is 4.74 Å². The average Bonchev–Trinajstić information content (AvgIpc) is 2.34. The van der Waals surface area contributed by atoms with Crippen molar-refractivity contribution in [3.8, 4) is 0 Å². The Bertz CT molecular complexity index is 389. The molecule has 0 aromatic heterocycles. The van der Waals surface area contributed by atoms with E-state index in [4.69, 9.17) is 27.9 Å². The van der Waals surface area contributed by atoms with Crippen molar-refractivity contribution in [2.75, 3.05) is 18.5 Å². The number of hydrogen-bond acceptors (Lipinski definition) is 1. The maximum Gasteiger partial charge on any atom is 0.0533 e. The smallest absolute Gasteiger partial charge is 0.0533 e. The third-order valence-corrected chi connectivity index (χ3v) is 5.04. The SMILES string of the molecule is Clc1ccc(CC2(CBr)CCCOC2)c(Cl)c1. The maximum atomic E-state index is 6.23. The molecule has 0 aliphatic carbocycles. The van der Waals surface area contributed by atoms with Gasteiger partial charge in [0.2, 0.25) is 0 Å². The average molecular weight is 338 g/mol. The molecule has 94 valence electrons. The predicted molar refractivity (Wildman–Crippen MR) is 76.4 cm³/mol. The molecule has 0 saturated carbocycles. The van der Waals surface area contributed by atoms with E-state index in [0.29, 0.717) is 5.02 Å². The summed E-state index contributed by atoms with van der Waals surface area (Å²) in [5.74, 6) is 0. The van der Waals surface area contributed by atoms with Crippen LogP contribution in [0.15, 0.2) is 18.2 Å². The van der Waals surface area contributed by atoms with E-state index in [1.165, 1.54) is 6.42 Å². The summed E-state index contributed by atoms with van der Waals surface area (Å²) in [5.41, 5.74) is 1.33. The molecule has 1 aliphatic rings. The monoisotopic (exact) mass is 336 g/mol. The predicted octanol–water partition coefficient (Wildman–Crippen LogP) is 4.73. The molecule has 2 rings (SSSR count). The molecule has 1 aromatic rings. The van der Waals surface area contributed by atoms with Gasteiger partial charge >= 0.3 is 0 Å². The summed E-state index contributed by atoms with van der Waals surface area (Å²) in [5, 5.41) is 2.38. The van der Waals surface area contributed by atoms with E-state index in [2.05, 4.69) is 15.9 Å². The number of halogens is 3. The summed E-state index contributed by atoms with van der Waals surface area (Å²) in [6.45, 7) is 1.68. The van der Waals surface area contributed by atoms with Gasteiger partial charge in [0.25, 0.3) is 0 Å². The third-order valence-electron chi connectivity index (χ3n) is 3.27. The zero-order valence-corrected chi connectivity index (χ0v) is 12.6. The fourth-order valence-corrected chi connectivity index (χ4v) is 3.39. The van der Waals surface area contributed by atoms with Gasteiger partial charge in [0.1, 0.15) is 0 Å². The van der Waals surface area contributed by atoms with Gasteiger partial charge in [-0.15, -0.1) is 0 Å². The minimum Gasteiger partial charge on any atom is -0.381 e. The van der Waals surface area contributed by atoms with Crippen molar-refractivity contribution in [1.29, 1.82) is 0 Å². The lowest BCUT2D eigenvalue weighted by atomic mass is 9.79. The molecule has 1 fully saturated rings. The molecule has 0 N–H and O–H groups in total. The van der Waals surface area contributed by atoms with Crippen molar-refractivity contribution in [3.63, 3.8) is 0 Å². The van der Waals surface area contributed by atoms with Crippen LogP contribution in [0.4, 0.5) is 0 Å². The largest absolute Gasteiger partial charge is 0.381 e. The second-order valence-corrected chi connectivity index (χ2v) is 6.11. The Hall–Kier alpha value is 0.240. The van der Waals surface area contributed by atoms with Crippen LogP contribution < -0.4 is 0 Å². The molecule has 1 heterocycles. The van der Waals surface area contributed by atoms with E-state index >= 15 is 0 Å². The summed E-state index contributed by atoms with van der Waals surface area (Å²) < 4.78 is 5.61. The topological polar surface area (TPSA) is 9.23 Å². The van der Waals surface area contributed by atoms with Gasteiger partial charge in [0.05, 0.1) is 6.61 Å². The van der Waals surface area contributed by atoms with Crippen LogP contribution in [-0.4, -0.2) is 18.5 Å². The van der Waals surface area contributed by atoms with Crippen LogP contribution in [0.1, 0.15) is 18.4 Å². The van der Waals surface area contributed by atoms with Gasteiger partial charge in [0.15, 0.2) is 0 Å². The van der Waals surface area contributed by atoms with Crippen LogP contribution in [0.5, 0.6) is 0 Å². The summed E-state index contributed by atoms with van der Waals surface area (Å²) in [6.07, 6.45) is 3.24. The van der Waals surface area contributed by atoms with Gasteiger partial charge in [0, 0.05) is 27.4 Å². The first kappa shape index (κ1) is 13.7. The van der Waals surface area contributed by atoms with Crippen LogP contribution in [0, 0.1) is 5.41 Å². The summed E-state index contributed by atoms with van der Waals surface area (Å²) in [7, 11) is 0. The van der Waals surface area contributed by atoms with Crippen LogP contribution in [0.3, 0.4) is 0 Å². The molecule has 0 spiro atoms. The summed E-state index contributed by atoms with van der Waals surface area (Å²) >= 11 is 15.8. The fraction of sp³-hybridized carbons (Fsp3) is 0.538. The second-order valence-electron chi connectivity index (χ2n) is 4.70. The van der Waals surface area contributed by atoms with E-state index in [0.717, 1.165) is 42.0 Å². The highest BCUT2D eigenvalue weighted by Crippen LogP contribution is 2.36. The first-order valence-electron chi connectivity index (χ1n) is 5.73. The van der Waals surface area contributed by atoms with Crippen molar-refractivity contribution in [2.24, 2.45) is 5.41 Å². The van der Waals surface area contributed by atoms with Crippen molar-refractivity contribution in [3.05, 3.63) is 33.8 Å². The third kappa shape index (κ3) is 3.37. The fourth-order valence-electron chi connectivity index (χ4n) is 2.27. The first-order valence-corrected chi connectivity index (χ1v) is 7.61. The molecule has 0 bridgehead atoms. The maximum absolute atomic E-state index is 6.23. The van der Waals surface area contributed by atoms with Crippen molar-refractivity contribution >= 4 is 39.1 Å². The van der Waals surface area contributed by atoms with Gasteiger partial charge in [-0.1, -0.05) is 45.2 Å². The van der Waals surface area contributed by atoms with Crippen LogP contribution in [-0.2, 0) is 11.2 Å². The number of benzene rings is 1. The zero-order chi connectivity index (χ0) is 12.3. The highest BCUT2D eigenvalue weighted by atomic mass is 79.9. The molecule has 1 atom stereocenters. The second kappa shape index (κ2) is 5.92. The molecule has 4 heteroatoms. The Morgan fingerprint density at radius 2 is 2.18 bits per heavy atom. The molecule has 1 saturated heterocycles. The Morgan fingerprint density at radius 1 is 1.35 bits per heavy atom. The summed E-state index contributed by atoms with van der Waals surface area (Å²) in [6, 6.07) is 5.72. The molecule has 1 nitrogen and oxygen atoms in total.